The lowest BCUT2D eigenvalue weighted by atomic mass is 10.4. The molecule has 0 saturated heterocycles. The van der Waals surface area contributed by atoms with Gasteiger partial charge in [0.1, 0.15) is 0 Å². The molecular weight excluding hydrogens is 112 g/mol. The van der Waals surface area contributed by atoms with Crippen LogP contribution in [0.3, 0.4) is 0 Å². The maximum Gasteiger partial charge on any atom is 0.0593 e. The lowest BCUT2D eigenvalue weighted by Gasteiger charge is -1.84. The van der Waals surface area contributed by atoms with E-state index in [4.69, 9.17) is 0 Å². The minimum absolute atomic E-state index is 0.844. The molecule has 0 radical (unpaired) electrons. The van der Waals surface area contributed by atoms with E-state index >= 15 is 0 Å². The number of allylic oxidation sites excluding steroid dienone is 1. The third-order valence-electron chi connectivity index (χ3n) is 0.703. The molecule has 0 rings (SSSR count). The molecule has 0 aliphatic rings. The summed E-state index contributed by atoms with van der Waals surface area (Å²) in [5.74, 6) is 0. The zero-order valence-electron chi connectivity index (χ0n) is 6.18. The van der Waals surface area contributed by atoms with Gasteiger partial charge in [0.2, 0.25) is 0 Å². The number of hydrogen-bond acceptors (Lipinski definition) is 2. The first-order valence-electron chi connectivity index (χ1n) is 2.84. The second-order valence-corrected chi connectivity index (χ2v) is 1.99. The van der Waals surface area contributed by atoms with E-state index in [0.717, 1.165) is 11.4 Å². The van der Waals surface area contributed by atoms with Crippen LogP contribution in [0.25, 0.3) is 0 Å². The molecule has 0 unspecified atom stereocenters. The second-order valence-electron chi connectivity index (χ2n) is 1.99. The van der Waals surface area contributed by atoms with Crippen LogP contribution in [0, 0.1) is 0 Å². The quantitative estimate of drug-likeness (QED) is 0.397. The summed E-state index contributed by atoms with van der Waals surface area (Å²) >= 11 is 0. The van der Waals surface area contributed by atoms with E-state index < -0.39 is 0 Å². The maximum atomic E-state index is 3.83. The van der Waals surface area contributed by atoms with Crippen molar-refractivity contribution in [3.8, 4) is 0 Å². The SMILES string of the molecule is C=C/C(C)=N/N=C(C)C. The molecule has 0 N–H and O–H groups in total. The van der Waals surface area contributed by atoms with E-state index in [2.05, 4.69) is 16.8 Å². The number of rotatable bonds is 2. The second kappa shape index (κ2) is 4.01. The summed E-state index contributed by atoms with van der Waals surface area (Å²) < 4.78 is 0. The smallest absolute Gasteiger partial charge is 0.0593 e. The molecule has 0 saturated carbocycles. The highest BCUT2D eigenvalue weighted by atomic mass is 15.2. The van der Waals surface area contributed by atoms with Crippen molar-refractivity contribution in [1.82, 2.24) is 0 Å². The molecule has 9 heavy (non-hydrogen) atoms. The number of hydrogen-bond donors (Lipinski definition) is 0. The summed E-state index contributed by atoms with van der Waals surface area (Å²) in [5.41, 5.74) is 1.80. The van der Waals surface area contributed by atoms with Crippen LogP contribution < -0.4 is 0 Å². The minimum atomic E-state index is 0.844. The summed E-state index contributed by atoms with van der Waals surface area (Å²) in [6.07, 6.45) is 1.67. The van der Waals surface area contributed by atoms with E-state index in [1.807, 2.05) is 20.8 Å². The van der Waals surface area contributed by atoms with Crippen LogP contribution >= 0.6 is 0 Å². The third kappa shape index (κ3) is 4.94. The molecule has 0 aromatic heterocycles. The van der Waals surface area contributed by atoms with Gasteiger partial charge in [0, 0.05) is 5.71 Å². The zero-order chi connectivity index (χ0) is 7.28. The Morgan fingerprint density at radius 1 is 1.22 bits per heavy atom. The van der Waals surface area contributed by atoms with Crippen LogP contribution in [-0.2, 0) is 0 Å². The van der Waals surface area contributed by atoms with Gasteiger partial charge in [-0.2, -0.15) is 10.2 Å². The average molecular weight is 124 g/mol. The van der Waals surface area contributed by atoms with Crippen LogP contribution in [0.1, 0.15) is 20.8 Å². The van der Waals surface area contributed by atoms with Crippen molar-refractivity contribution >= 4 is 11.4 Å². The Labute approximate surface area is 56.0 Å². The van der Waals surface area contributed by atoms with Gasteiger partial charge in [-0.1, -0.05) is 6.58 Å². The van der Waals surface area contributed by atoms with Gasteiger partial charge in [-0.3, -0.25) is 0 Å². The summed E-state index contributed by atoms with van der Waals surface area (Å²) in [4.78, 5) is 0. The largest absolute Gasteiger partial charge is 0.160 e. The monoisotopic (exact) mass is 124 g/mol. The van der Waals surface area contributed by atoms with Crippen molar-refractivity contribution in [1.29, 1.82) is 0 Å². The third-order valence-corrected chi connectivity index (χ3v) is 0.703. The van der Waals surface area contributed by atoms with Crippen LogP contribution in [0.2, 0.25) is 0 Å². The van der Waals surface area contributed by atoms with Gasteiger partial charge in [-0.25, -0.2) is 0 Å². The molecule has 2 nitrogen and oxygen atoms in total. The van der Waals surface area contributed by atoms with Crippen molar-refractivity contribution in [2.75, 3.05) is 0 Å². The molecule has 50 valence electrons. The van der Waals surface area contributed by atoms with E-state index in [9.17, 15) is 0 Å². The van der Waals surface area contributed by atoms with Gasteiger partial charge in [0.05, 0.1) is 5.71 Å². The molecule has 0 spiro atoms. The fourth-order valence-corrected chi connectivity index (χ4v) is 0.220. The van der Waals surface area contributed by atoms with Gasteiger partial charge >= 0.3 is 0 Å². The topological polar surface area (TPSA) is 24.7 Å². The fourth-order valence-electron chi connectivity index (χ4n) is 0.220. The first kappa shape index (κ1) is 8.08. The summed E-state index contributed by atoms with van der Waals surface area (Å²) in [7, 11) is 0. The van der Waals surface area contributed by atoms with Crippen molar-refractivity contribution < 1.29 is 0 Å². The molecule has 2 heteroatoms. The highest BCUT2D eigenvalue weighted by Gasteiger charge is 1.77. The average Bonchev–Trinajstić information content (AvgIpc) is 1.83. The molecule has 0 aromatic carbocycles. The summed E-state index contributed by atoms with van der Waals surface area (Å²) in [5, 5.41) is 7.66. The number of nitrogens with zero attached hydrogens (tertiary/aromatic N) is 2. The van der Waals surface area contributed by atoms with E-state index in [-0.39, 0.29) is 0 Å². The lowest BCUT2D eigenvalue weighted by molar-refractivity contribution is 1.22. The Bertz CT molecular complexity index is 150. The Balaban J connectivity index is 3.98. The van der Waals surface area contributed by atoms with Crippen molar-refractivity contribution in [2.24, 2.45) is 10.2 Å². The Morgan fingerprint density at radius 2 is 1.78 bits per heavy atom. The zero-order valence-corrected chi connectivity index (χ0v) is 6.18. The first-order chi connectivity index (χ1) is 4.16. The predicted octanol–water partition coefficient (Wildman–Crippen LogP) is 2.03. The molecule has 0 bridgehead atoms. The molecule has 0 amide bonds. The first-order valence-corrected chi connectivity index (χ1v) is 2.84. The fraction of sp³-hybridized carbons (Fsp3) is 0.429. The Morgan fingerprint density at radius 3 is 2.11 bits per heavy atom. The Hall–Kier alpha value is -0.920. The normalized spacial score (nSPS) is 10.8. The molecule has 0 aliphatic heterocycles. The molecule has 0 atom stereocenters. The molecule has 0 heterocycles. The van der Waals surface area contributed by atoms with Gasteiger partial charge < -0.3 is 0 Å². The van der Waals surface area contributed by atoms with Crippen LogP contribution in [0.15, 0.2) is 22.9 Å². The molecule has 0 aromatic rings. The van der Waals surface area contributed by atoms with Crippen molar-refractivity contribution in [3.63, 3.8) is 0 Å². The predicted molar refractivity (Wildman–Crippen MR) is 42.1 cm³/mol. The van der Waals surface area contributed by atoms with Crippen LogP contribution in [0.4, 0.5) is 0 Å². The van der Waals surface area contributed by atoms with Crippen molar-refractivity contribution in [2.45, 2.75) is 20.8 Å². The minimum Gasteiger partial charge on any atom is -0.160 e. The van der Waals surface area contributed by atoms with Gasteiger partial charge in [-0.15, -0.1) is 0 Å². The van der Waals surface area contributed by atoms with Gasteiger partial charge in [0.15, 0.2) is 0 Å². The lowest BCUT2D eigenvalue weighted by Crippen LogP contribution is -1.83. The van der Waals surface area contributed by atoms with Crippen molar-refractivity contribution in [3.05, 3.63) is 12.7 Å². The van der Waals surface area contributed by atoms with E-state index in [1.54, 1.807) is 6.08 Å². The summed E-state index contributed by atoms with van der Waals surface area (Å²) in [6.45, 7) is 9.20. The van der Waals surface area contributed by atoms with Gasteiger partial charge in [0.25, 0.3) is 0 Å². The molecule has 0 fully saturated rings. The highest BCUT2D eigenvalue weighted by molar-refractivity contribution is 5.92. The van der Waals surface area contributed by atoms with E-state index in [0.29, 0.717) is 0 Å². The van der Waals surface area contributed by atoms with E-state index in [1.165, 1.54) is 0 Å². The van der Waals surface area contributed by atoms with Crippen LogP contribution in [0.5, 0.6) is 0 Å². The summed E-state index contributed by atoms with van der Waals surface area (Å²) in [6, 6.07) is 0. The standard InChI is InChI=1S/C7H12N2/c1-5-7(4)9-8-6(2)3/h5H,1H2,2-4H3/b9-7+. The molecule has 0 aliphatic carbocycles. The van der Waals surface area contributed by atoms with Crippen LogP contribution in [-0.4, -0.2) is 11.4 Å². The maximum absolute atomic E-state index is 3.83. The highest BCUT2D eigenvalue weighted by Crippen LogP contribution is 1.81. The molecular formula is C7H12N2. The van der Waals surface area contributed by atoms with Gasteiger partial charge in [-0.05, 0) is 26.8 Å². The Kier molecular flexibility index (Phi) is 3.60.